The van der Waals surface area contributed by atoms with E-state index >= 15 is 0 Å². The molecule has 386 valence electrons. The fourth-order valence-corrected chi connectivity index (χ4v) is 9.76. The smallest absolute Gasteiger partial charge is 0.335 e. The molecule has 0 aliphatic heterocycles. The van der Waals surface area contributed by atoms with E-state index in [9.17, 15) is 9.59 Å². The van der Waals surface area contributed by atoms with Crippen LogP contribution in [0.4, 0.5) is 34.6 Å². The Labute approximate surface area is 446 Å². The van der Waals surface area contributed by atoms with Gasteiger partial charge in [0.05, 0.1) is 53.8 Å². The van der Waals surface area contributed by atoms with E-state index in [0.717, 1.165) is 90.0 Å². The number of carbonyl (C=O) groups is 2. The summed E-state index contributed by atoms with van der Waals surface area (Å²) in [6.45, 7) is 15.3. The molecule has 2 amide bonds. The number of carbonyl (C=O) groups excluding carboxylic acids is 2. The number of para-hydroxylation sites is 3. The summed E-state index contributed by atoms with van der Waals surface area (Å²) in [5.41, 5.74) is 19.9. The van der Waals surface area contributed by atoms with E-state index in [2.05, 4.69) is 84.7 Å². The van der Waals surface area contributed by atoms with E-state index in [1.54, 1.807) is 36.7 Å². The molecule has 3 aromatic carbocycles. The first-order valence-electron chi connectivity index (χ1n) is 24.8. The lowest BCUT2D eigenvalue weighted by Gasteiger charge is -2.30. The molecule has 21 heteroatoms. The third-order valence-electron chi connectivity index (χ3n) is 13.3. The minimum absolute atomic E-state index is 0.00364. The molecule has 2 saturated carbocycles. The zero-order valence-corrected chi connectivity index (χ0v) is 42.3. The molecule has 20 nitrogen and oxygen atoms in total. The second kappa shape index (κ2) is 24.4. The number of fused-ring (bicyclic) bond motifs is 2. The van der Waals surface area contributed by atoms with Crippen LogP contribution in [-0.4, -0.2) is 83.9 Å². The summed E-state index contributed by atoms with van der Waals surface area (Å²) in [7, 11) is 0. The highest BCUT2D eigenvalue weighted by Gasteiger charge is 2.27. The van der Waals surface area contributed by atoms with E-state index in [1.165, 1.54) is 12.4 Å². The molecule has 9 aromatic rings. The summed E-state index contributed by atoms with van der Waals surface area (Å²) in [4.78, 5) is 62.5. The molecule has 77 heavy (non-hydrogen) atoms. The molecule has 6 heterocycles. The summed E-state index contributed by atoms with van der Waals surface area (Å²) < 4.78 is 18.7. The van der Waals surface area contributed by atoms with Gasteiger partial charge in [-0.3, -0.25) is 9.59 Å². The molecule has 0 bridgehead atoms. The first-order chi connectivity index (χ1) is 37.6. The Kier molecular flexibility index (Phi) is 16.5. The monoisotopic (exact) mass is 1040 g/mol. The van der Waals surface area contributed by atoms with Crippen molar-refractivity contribution >= 4 is 79.8 Å². The van der Waals surface area contributed by atoms with Crippen LogP contribution in [0.25, 0.3) is 59.7 Å². The molecule has 2 aliphatic rings. The fraction of sp³-hybridized carbons (Fsp3) is 0.214. The van der Waals surface area contributed by atoms with Gasteiger partial charge in [-0.1, -0.05) is 54.6 Å². The van der Waals surface area contributed by atoms with Crippen LogP contribution >= 0.6 is 0 Å². The number of anilines is 4. The number of nitrogens with two attached hydrogens (primary N) is 2. The van der Waals surface area contributed by atoms with Crippen LogP contribution < -0.4 is 32.7 Å². The minimum atomic E-state index is -0.750. The number of rotatable bonds is 11. The first kappa shape index (κ1) is 52.0. The second-order valence-corrected chi connectivity index (χ2v) is 18.6. The summed E-state index contributed by atoms with van der Waals surface area (Å²) in [5.74, 6) is 0.534. The maximum Gasteiger partial charge on any atom is 0.335 e. The van der Waals surface area contributed by atoms with Gasteiger partial charge in [0, 0.05) is 82.1 Å². The molecule has 2 fully saturated rings. The molecule has 9 N–H and O–H groups in total. The summed E-state index contributed by atoms with van der Waals surface area (Å²) in [6, 6.07) is 33.0. The van der Waals surface area contributed by atoms with Crippen molar-refractivity contribution in [1.29, 1.82) is 0 Å². The van der Waals surface area contributed by atoms with Gasteiger partial charge in [-0.05, 0) is 99.9 Å². The highest BCUT2D eigenvalue weighted by molar-refractivity contribution is 7.51. The zero-order chi connectivity index (χ0) is 53.7. The molecule has 0 spiro atoms. The number of aromatic amines is 1. The maximum atomic E-state index is 12.7. The summed E-state index contributed by atoms with van der Waals surface area (Å²) in [6.07, 6.45) is 17.1. The van der Waals surface area contributed by atoms with Gasteiger partial charge in [0.15, 0.2) is 0 Å². The van der Waals surface area contributed by atoms with Gasteiger partial charge >= 0.3 is 11.6 Å². The maximum absolute atomic E-state index is 12.7. The second-order valence-electron chi connectivity index (χ2n) is 18.5. The molecule has 4 atom stereocenters. The molecule has 2 aliphatic carbocycles. The number of aromatic nitrogens is 8. The van der Waals surface area contributed by atoms with E-state index in [0.29, 0.717) is 57.4 Å². The topological polar surface area (TPSA) is 275 Å². The Balaban J connectivity index is 0.000000181. The lowest BCUT2D eigenvalue weighted by molar-refractivity contribution is 0.0913. The fourth-order valence-electron chi connectivity index (χ4n) is 9.76. The van der Waals surface area contributed by atoms with Gasteiger partial charge in [0.1, 0.15) is 11.4 Å². The van der Waals surface area contributed by atoms with E-state index in [-0.39, 0.29) is 36.0 Å². The van der Waals surface area contributed by atoms with Crippen molar-refractivity contribution in [3.63, 3.8) is 0 Å². The molecule has 0 radical (unpaired) electrons. The van der Waals surface area contributed by atoms with E-state index in [4.69, 9.17) is 43.0 Å². The number of nitrogen functional groups attached to an aromatic ring is 2. The van der Waals surface area contributed by atoms with Crippen LogP contribution in [0.5, 0.6) is 0 Å². The van der Waals surface area contributed by atoms with Gasteiger partial charge in [-0.15, -0.1) is 0 Å². The average Bonchev–Trinajstić information content (AvgIpc) is 4.16. The van der Waals surface area contributed by atoms with Gasteiger partial charge in [0.25, 0.3) is 11.8 Å². The Bertz CT molecular complexity index is 3660. The number of nitrogens with one attached hydrogen (secondary N) is 5. The van der Waals surface area contributed by atoms with Crippen molar-refractivity contribution in [2.45, 2.75) is 75.5 Å². The quantitative estimate of drug-likeness (QED) is 0.0595. The average molecular weight is 1050 g/mol. The van der Waals surface area contributed by atoms with Crippen LogP contribution in [-0.2, 0) is 11.6 Å². The predicted octanol–water partition coefficient (Wildman–Crippen LogP) is 9.40. The largest absolute Gasteiger partial charge is 0.397 e. The van der Waals surface area contributed by atoms with Gasteiger partial charge in [-0.2, -0.15) is 8.42 Å². The Morgan fingerprint density at radius 2 is 1.09 bits per heavy atom. The van der Waals surface area contributed by atoms with Crippen LogP contribution in [0, 0.1) is 13.1 Å². The standard InChI is InChI=1S/C31H28N8O.C25H24N8O.O2S/c1-33-27-18-35-31(37-22-9-7-8-21(16-22)36-30(40)26-15-14-20(32)17-34-26)38-29(27)25-19-39(23-10-3-2-4-11-23)28-13-6-5-12-24(25)28;1-27-22-14-30-25(33-23(22)19-13-29-20-8-3-2-7-18(19)20)32-17-6-4-5-16(11-17)31-24(34)21-10-9-15(26)12-28-21;1-3-2/h2-6,10-15,17-19,21-22H,7-9,16,32H2,(H,36,40)(H,35,37,38);2-3,7-10,12-14,16-17,29H,4-6,11,26H2,(H,31,34)(H,30,32,33);/t21-,22+;16-,17+;/m00./s1. The number of amides is 2. The molecule has 0 unspecified atom stereocenters. The van der Waals surface area contributed by atoms with E-state index < -0.39 is 11.6 Å². The zero-order valence-electron chi connectivity index (χ0n) is 41.5. The van der Waals surface area contributed by atoms with Crippen molar-refractivity contribution in [1.82, 2.24) is 50.1 Å². The van der Waals surface area contributed by atoms with Gasteiger partial charge in [0.2, 0.25) is 23.3 Å². The number of hydrogen-bond acceptors (Lipinski definition) is 14. The van der Waals surface area contributed by atoms with Crippen molar-refractivity contribution in [2.24, 2.45) is 0 Å². The number of benzene rings is 3. The van der Waals surface area contributed by atoms with Crippen LogP contribution in [0.1, 0.15) is 72.3 Å². The third kappa shape index (κ3) is 12.6. The number of nitrogens with zero attached hydrogens (tertiary/aromatic N) is 9. The molecule has 0 saturated heterocycles. The van der Waals surface area contributed by atoms with Crippen LogP contribution in [0.2, 0.25) is 0 Å². The predicted molar refractivity (Wildman–Crippen MR) is 297 cm³/mol. The van der Waals surface area contributed by atoms with Gasteiger partial charge in [-0.25, -0.2) is 39.6 Å². The number of pyridine rings is 2. The lowest BCUT2D eigenvalue weighted by Crippen LogP contribution is -2.42. The Morgan fingerprint density at radius 3 is 1.62 bits per heavy atom. The molecule has 6 aromatic heterocycles. The van der Waals surface area contributed by atoms with Crippen molar-refractivity contribution in [3.8, 4) is 28.2 Å². The van der Waals surface area contributed by atoms with Crippen LogP contribution in [0.3, 0.4) is 0 Å². The SMILES string of the molecule is O=S=O.[C-]#[N+]c1cnc(N[C@@H]2CCC[C@H](NC(=O)c3ccc(N)cn3)C2)nc1-c1c[nH]c2ccccc12.[C-]#[N+]c1cnc(N[C@@H]2CCC[C@H](NC(=O)c3ccc(N)cn3)C2)nc1-c1cn(-c2ccccc2)c2ccccc12. The first-order valence-corrected chi connectivity index (χ1v) is 25.5. The molecular formula is C56H52N16O4S. The van der Waals surface area contributed by atoms with E-state index in [1.807, 2.05) is 67.0 Å². The third-order valence-corrected chi connectivity index (χ3v) is 13.3. The van der Waals surface area contributed by atoms with Gasteiger partial charge < -0.3 is 42.3 Å². The minimum Gasteiger partial charge on any atom is -0.397 e. The highest BCUT2D eigenvalue weighted by Crippen LogP contribution is 2.38. The Hall–Kier alpha value is -9.86. The van der Waals surface area contributed by atoms with Crippen LogP contribution in [0.15, 0.2) is 140 Å². The van der Waals surface area contributed by atoms with Crippen molar-refractivity contribution < 1.29 is 18.0 Å². The molecular weight excluding hydrogens is 993 g/mol. The lowest BCUT2D eigenvalue weighted by atomic mass is 9.91. The number of H-pyrrole nitrogens is 1. The normalized spacial score (nSPS) is 16.7. The van der Waals surface area contributed by atoms with Crippen molar-refractivity contribution in [3.05, 3.63) is 175 Å². The summed E-state index contributed by atoms with van der Waals surface area (Å²) >= 11 is -0.750. The number of hydrogen-bond donors (Lipinski definition) is 7. The summed E-state index contributed by atoms with van der Waals surface area (Å²) in [5, 5.41) is 15.1. The molecule has 11 rings (SSSR count). The highest BCUT2D eigenvalue weighted by atomic mass is 32.1. The Morgan fingerprint density at radius 1 is 0.597 bits per heavy atom. The van der Waals surface area contributed by atoms with Crippen molar-refractivity contribution in [2.75, 3.05) is 22.1 Å².